The molecule has 0 aliphatic heterocycles. The van der Waals surface area contributed by atoms with Crippen molar-refractivity contribution in [1.82, 2.24) is 0 Å². The molecule has 0 saturated heterocycles. The van der Waals surface area contributed by atoms with Gasteiger partial charge in [-0.2, -0.15) is 0 Å². The quantitative estimate of drug-likeness (QED) is 0.717. The summed E-state index contributed by atoms with van der Waals surface area (Å²) in [7, 11) is 0. The summed E-state index contributed by atoms with van der Waals surface area (Å²) >= 11 is 17.4. The van der Waals surface area contributed by atoms with E-state index in [1.165, 1.54) is 6.07 Å². The van der Waals surface area contributed by atoms with Crippen molar-refractivity contribution in [2.24, 2.45) is 0 Å². The third-order valence-corrected chi connectivity index (χ3v) is 2.80. The van der Waals surface area contributed by atoms with Gasteiger partial charge < -0.3 is 9.84 Å². The van der Waals surface area contributed by atoms with E-state index in [0.717, 1.165) is 0 Å². The van der Waals surface area contributed by atoms with Gasteiger partial charge in [0.1, 0.15) is 5.75 Å². The molecule has 2 radical (unpaired) electrons. The molecule has 2 rings (SSSR count). The van der Waals surface area contributed by atoms with E-state index in [9.17, 15) is 5.11 Å². The first-order valence-electron chi connectivity index (χ1n) is 4.67. The molecule has 2 aromatic rings. The number of halogens is 4. The van der Waals surface area contributed by atoms with Crippen LogP contribution in [0.2, 0.25) is 15.1 Å². The maximum absolute atomic E-state index is 9.62. The van der Waals surface area contributed by atoms with Crippen LogP contribution in [-0.4, -0.2) is 29.0 Å². The van der Waals surface area contributed by atoms with E-state index in [1.807, 2.05) is 0 Å². The second-order valence-corrected chi connectivity index (χ2v) is 4.57. The summed E-state index contributed by atoms with van der Waals surface area (Å²) in [5.41, 5.74) is 0. The zero-order valence-corrected chi connectivity index (χ0v) is 15.9. The van der Waals surface area contributed by atoms with Crippen LogP contribution >= 0.6 is 34.8 Å². The molecule has 0 bridgehead atoms. The number of rotatable bonds is 2. The SMILES string of the molecule is F.Oc1cc(Cl)ccc1Oc1ccc(Cl)cc1Cl.[SnH2]. The molecule has 0 aromatic heterocycles. The summed E-state index contributed by atoms with van der Waals surface area (Å²) in [4.78, 5) is 0. The predicted molar refractivity (Wildman–Crippen MR) is 80.7 cm³/mol. The molecule has 0 fully saturated rings. The monoisotopic (exact) mass is 430 g/mol. The van der Waals surface area contributed by atoms with E-state index in [1.54, 1.807) is 30.3 Å². The van der Waals surface area contributed by atoms with Gasteiger partial charge in [-0.05, 0) is 30.3 Å². The summed E-state index contributed by atoms with van der Waals surface area (Å²) < 4.78 is 5.45. The fourth-order valence-electron chi connectivity index (χ4n) is 1.25. The first-order chi connectivity index (χ1) is 8.06. The van der Waals surface area contributed by atoms with Crippen LogP contribution in [0.3, 0.4) is 0 Å². The average molecular weight is 430 g/mol. The molecule has 0 heterocycles. The van der Waals surface area contributed by atoms with Gasteiger partial charge in [-0.25, -0.2) is 0 Å². The molecular weight excluding hydrogens is 420 g/mol. The van der Waals surface area contributed by atoms with Gasteiger partial charge in [0.2, 0.25) is 0 Å². The first-order valence-corrected chi connectivity index (χ1v) is 5.81. The molecule has 0 aliphatic rings. The van der Waals surface area contributed by atoms with E-state index >= 15 is 0 Å². The molecule has 1 N–H and O–H groups in total. The zero-order valence-electron chi connectivity index (χ0n) is 9.57. The van der Waals surface area contributed by atoms with Gasteiger partial charge in [-0.1, -0.05) is 34.8 Å². The van der Waals surface area contributed by atoms with Gasteiger partial charge in [-0.3, -0.25) is 4.70 Å². The fraction of sp³-hybridized carbons (Fsp3) is 0. The maximum atomic E-state index is 9.62. The molecule has 2 aromatic carbocycles. The summed E-state index contributed by atoms with van der Waals surface area (Å²) in [6.45, 7) is 0. The number of benzene rings is 2. The standard InChI is InChI=1S/C12H7Cl3O2.FH.Sn.2H/c13-7-1-3-11(9(15)5-7)17-12-4-2-8(14)6-10(12)16;;;;/h1-6,16H;1H;;;. The summed E-state index contributed by atoms with van der Waals surface area (Å²) in [6.07, 6.45) is 0. The Balaban J connectivity index is 0.00000162. The summed E-state index contributed by atoms with van der Waals surface area (Å²) in [5.74, 6) is 0.635. The van der Waals surface area contributed by atoms with E-state index in [-0.39, 0.29) is 40.1 Å². The second-order valence-electron chi connectivity index (χ2n) is 3.29. The van der Waals surface area contributed by atoms with Crippen molar-refractivity contribution in [3.63, 3.8) is 0 Å². The Morgan fingerprint density at radius 1 is 0.842 bits per heavy atom. The second kappa shape index (κ2) is 8.04. The molecule has 0 aliphatic carbocycles. The van der Waals surface area contributed by atoms with Crippen molar-refractivity contribution in [3.8, 4) is 17.2 Å². The van der Waals surface area contributed by atoms with Crippen LogP contribution in [0.4, 0.5) is 4.70 Å². The van der Waals surface area contributed by atoms with E-state index < -0.39 is 0 Å². The van der Waals surface area contributed by atoms with Crippen LogP contribution in [-0.2, 0) is 0 Å². The van der Waals surface area contributed by atoms with E-state index in [2.05, 4.69) is 0 Å². The molecule has 0 amide bonds. The van der Waals surface area contributed by atoms with Crippen molar-refractivity contribution in [2.75, 3.05) is 0 Å². The molecule has 0 spiro atoms. The Labute approximate surface area is 141 Å². The number of ether oxygens (including phenoxy) is 1. The Bertz CT molecular complexity index is 517. The molecule has 0 atom stereocenters. The van der Waals surface area contributed by atoms with E-state index in [0.29, 0.717) is 20.8 Å². The van der Waals surface area contributed by atoms with Gasteiger partial charge in [0, 0.05) is 16.1 Å². The van der Waals surface area contributed by atoms with Gasteiger partial charge in [0.15, 0.2) is 11.5 Å². The Morgan fingerprint density at radius 3 is 1.89 bits per heavy atom. The molecule has 2 nitrogen and oxygen atoms in total. The topological polar surface area (TPSA) is 29.5 Å². The molecule has 7 heteroatoms. The number of phenols is 1. The van der Waals surface area contributed by atoms with Gasteiger partial charge in [-0.15, -0.1) is 0 Å². The average Bonchev–Trinajstić information content (AvgIpc) is 2.25. The van der Waals surface area contributed by atoms with Crippen molar-refractivity contribution >= 4 is 58.7 Å². The van der Waals surface area contributed by atoms with Crippen molar-refractivity contribution in [3.05, 3.63) is 51.5 Å². The minimum atomic E-state index is -0.0523. The number of aromatic hydroxyl groups is 1. The van der Waals surface area contributed by atoms with Crippen molar-refractivity contribution < 1.29 is 14.5 Å². The fourth-order valence-corrected chi connectivity index (χ4v) is 1.87. The number of hydrogen-bond donors (Lipinski definition) is 1. The van der Waals surface area contributed by atoms with Crippen LogP contribution in [0.1, 0.15) is 0 Å². The van der Waals surface area contributed by atoms with Crippen molar-refractivity contribution in [1.29, 1.82) is 0 Å². The van der Waals surface area contributed by atoms with Gasteiger partial charge >= 0.3 is 23.9 Å². The number of phenolic OH excluding ortho intramolecular Hbond substituents is 1. The van der Waals surface area contributed by atoms with Crippen LogP contribution < -0.4 is 4.74 Å². The summed E-state index contributed by atoms with van der Waals surface area (Å²) in [5, 5.41) is 10.9. The molecular formula is C12H10Cl3FO2Sn. The Morgan fingerprint density at radius 2 is 1.37 bits per heavy atom. The predicted octanol–water partition coefficient (Wildman–Crippen LogP) is 4.38. The Hall–Kier alpha value is -0.361. The number of hydrogen-bond acceptors (Lipinski definition) is 2. The van der Waals surface area contributed by atoms with E-state index in [4.69, 9.17) is 39.5 Å². The molecule has 0 unspecified atom stereocenters. The third-order valence-electron chi connectivity index (χ3n) is 2.03. The molecule has 0 saturated carbocycles. The Kier molecular flexibility index (Phi) is 7.89. The third kappa shape index (κ3) is 4.91. The van der Waals surface area contributed by atoms with Crippen LogP contribution in [0.5, 0.6) is 17.2 Å². The van der Waals surface area contributed by atoms with Crippen LogP contribution in [0.15, 0.2) is 36.4 Å². The summed E-state index contributed by atoms with van der Waals surface area (Å²) in [6, 6.07) is 9.39. The van der Waals surface area contributed by atoms with Crippen LogP contribution in [0, 0.1) is 0 Å². The normalized spacial score (nSPS) is 9.21. The van der Waals surface area contributed by atoms with Gasteiger partial charge in [0.05, 0.1) is 5.02 Å². The minimum absolute atomic E-state index is 0. The van der Waals surface area contributed by atoms with Crippen LogP contribution in [0.25, 0.3) is 0 Å². The first kappa shape index (κ1) is 18.6. The molecule has 102 valence electrons. The van der Waals surface area contributed by atoms with Gasteiger partial charge in [0.25, 0.3) is 0 Å². The molecule has 19 heavy (non-hydrogen) atoms. The zero-order chi connectivity index (χ0) is 12.4. The van der Waals surface area contributed by atoms with Crippen molar-refractivity contribution in [2.45, 2.75) is 0 Å².